The Bertz CT molecular complexity index is 839. The highest BCUT2D eigenvalue weighted by Crippen LogP contribution is 2.49. The number of hydrogen-bond donors (Lipinski definition) is 0. The molecule has 150 valence electrons. The van der Waals surface area contributed by atoms with Crippen LogP contribution in [0.4, 0.5) is 0 Å². The van der Waals surface area contributed by atoms with Crippen molar-refractivity contribution >= 4 is 34.9 Å². The van der Waals surface area contributed by atoms with Crippen LogP contribution >= 0.6 is 23.2 Å². The van der Waals surface area contributed by atoms with Crippen LogP contribution in [-0.2, 0) is 14.3 Å². The number of hydrazine groups is 1. The Labute approximate surface area is 175 Å². The van der Waals surface area contributed by atoms with Crippen LogP contribution < -0.4 is 0 Å². The zero-order valence-electron chi connectivity index (χ0n) is 16.1. The maximum absolute atomic E-state index is 13.3. The Balaban J connectivity index is 1.87. The average molecular weight is 423 g/mol. The second-order valence-corrected chi connectivity index (χ2v) is 9.28. The maximum Gasteiger partial charge on any atom is 0.242 e. The van der Waals surface area contributed by atoms with Gasteiger partial charge < -0.3 is 4.74 Å². The predicted octanol–water partition coefficient (Wildman–Crippen LogP) is 4.20. The van der Waals surface area contributed by atoms with Crippen molar-refractivity contribution in [3.8, 4) is 0 Å². The summed E-state index contributed by atoms with van der Waals surface area (Å²) in [6.45, 7) is 6.56. The molecular weight excluding hydrogens is 399 g/mol. The van der Waals surface area contributed by atoms with Gasteiger partial charge >= 0.3 is 0 Å². The van der Waals surface area contributed by atoms with Crippen molar-refractivity contribution in [2.45, 2.75) is 39.0 Å². The number of ether oxygens (including phenoxy) is 1. The highest BCUT2D eigenvalue weighted by atomic mass is 35.5. The number of carbonyl (C=O) groups is 2. The molecule has 0 aromatic heterocycles. The second-order valence-electron chi connectivity index (χ2n) is 8.46. The van der Waals surface area contributed by atoms with Crippen molar-refractivity contribution < 1.29 is 14.3 Å². The molecule has 1 aromatic carbocycles. The van der Waals surface area contributed by atoms with Gasteiger partial charge in [0.2, 0.25) is 5.91 Å². The first-order valence-corrected chi connectivity index (χ1v) is 10.4. The lowest BCUT2D eigenvalue weighted by Crippen LogP contribution is -2.55. The minimum Gasteiger partial charge on any atom is -0.379 e. The van der Waals surface area contributed by atoms with Crippen LogP contribution in [0.2, 0.25) is 10.0 Å². The number of hydrogen-bond acceptors (Lipinski definition) is 4. The van der Waals surface area contributed by atoms with Gasteiger partial charge in [-0.1, -0.05) is 43.1 Å². The molecule has 28 heavy (non-hydrogen) atoms. The topological polar surface area (TPSA) is 49.9 Å². The van der Waals surface area contributed by atoms with Gasteiger partial charge in [0, 0.05) is 53.2 Å². The van der Waals surface area contributed by atoms with Crippen LogP contribution in [-0.4, -0.2) is 48.0 Å². The molecule has 2 aliphatic heterocycles. The fourth-order valence-electron chi connectivity index (χ4n) is 4.57. The minimum atomic E-state index is -0.399. The van der Waals surface area contributed by atoms with Gasteiger partial charge in [-0.3, -0.25) is 9.59 Å². The molecule has 1 fully saturated rings. The van der Waals surface area contributed by atoms with Gasteiger partial charge in [-0.05, 0) is 29.5 Å². The molecule has 3 aliphatic rings. The van der Waals surface area contributed by atoms with E-state index >= 15 is 0 Å². The molecule has 7 heteroatoms. The zero-order valence-corrected chi connectivity index (χ0v) is 17.6. The van der Waals surface area contributed by atoms with Crippen molar-refractivity contribution in [2.24, 2.45) is 5.41 Å². The van der Waals surface area contributed by atoms with E-state index in [-0.39, 0.29) is 23.5 Å². The largest absolute Gasteiger partial charge is 0.379 e. The van der Waals surface area contributed by atoms with Crippen LogP contribution in [0.5, 0.6) is 0 Å². The van der Waals surface area contributed by atoms with Crippen molar-refractivity contribution in [1.29, 1.82) is 0 Å². The van der Waals surface area contributed by atoms with Gasteiger partial charge in [-0.2, -0.15) is 0 Å². The molecule has 0 saturated carbocycles. The Kier molecular flexibility index (Phi) is 5.29. The average Bonchev–Trinajstić information content (AvgIpc) is 2.60. The van der Waals surface area contributed by atoms with Crippen molar-refractivity contribution in [3.05, 3.63) is 45.1 Å². The SMILES string of the molecule is CC1(C)CC(=O)C2=C(C1)N(N1CCOCC1)C(=O)CC2c1c(Cl)cccc1Cl. The molecular formula is C21H24Cl2N2O3. The fourth-order valence-corrected chi connectivity index (χ4v) is 5.23. The van der Waals surface area contributed by atoms with E-state index in [0.29, 0.717) is 60.3 Å². The van der Waals surface area contributed by atoms with E-state index in [1.165, 1.54) is 0 Å². The Morgan fingerprint density at radius 1 is 1.07 bits per heavy atom. The van der Waals surface area contributed by atoms with E-state index in [1.54, 1.807) is 23.2 Å². The molecule has 1 aromatic rings. The van der Waals surface area contributed by atoms with Gasteiger partial charge in [0.15, 0.2) is 5.78 Å². The van der Waals surface area contributed by atoms with Crippen LogP contribution in [0.1, 0.15) is 44.6 Å². The third kappa shape index (κ3) is 3.50. The third-order valence-electron chi connectivity index (χ3n) is 5.73. The van der Waals surface area contributed by atoms with Crippen molar-refractivity contribution in [3.63, 3.8) is 0 Å². The molecule has 1 saturated heterocycles. The summed E-state index contributed by atoms with van der Waals surface area (Å²) in [5.74, 6) is -0.338. The molecule has 1 unspecified atom stereocenters. The zero-order chi connectivity index (χ0) is 20.1. The van der Waals surface area contributed by atoms with Crippen LogP contribution in [0.15, 0.2) is 29.5 Å². The molecule has 5 nitrogen and oxygen atoms in total. The van der Waals surface area contributed by atoms with E-state index in [1.807, 2.05) is 5.01 Å². The lowest BCUT2D eigenvalue weighted by Gasteiger charge is -2.47. The Morgan fingerprint density at radius 2 is 1.71 bits per heavy atom. The number of rotatable bonds is 2. The Morgan fingerprint density at radius 3 is 2.36 bits per heavy atom. The summed E-state index contributed by atoms with van der Waals surface area (Å²) in [5.41, 5.74) is 1.98. The first-order valence-electron chi connectivity index (χ1n) is 9.64. The molecule has 0 radical (unpaired) electrons. The lowest BCUT2D eigenvalue weighted by molar-refractivity contribution is -0.154. The molecule has 0 bridgehead atoms. The maximum atomic E-state index is 13.3. The normalized spacial score (nSPS) is 25.9. The molecule has 1 amide bonds. The monoisotopic (exact) mass is 422 g/mol. The fraction of sp³-hybridized carbons (Fsp3) is 0.524. The smallest absolute Gasteiger partial charge is 0.242 e. The summed E-state index contributed by atoms with van der Waals surface area (Å²) < 4.78 is 5.45. The van der Waals surface area contributed by atoms with Gasteiger partial charge in [0.25, 0.3) is 0 Å². The van der Waals surface area contributed by atoms with E-state index in [9.17, 15) is 9.59 Å². The predicted molar refractivity (Wildman–Crippen MR) is 108 cm³/mol. The van der Waals surface area contributed by atoms with E-state index in [0.717, 1.165) is 5.70 Å². The lowest BCUT2D eigenvalue weighted by atomic mass is 9.69. The first kappa shape index (κ1) is 19.9. The molecule has 0 N–H and O–H groups in total. The summed E-state index contributed by atoms with van der Waals surface area (Å²) in [7, 11) is 0. The molecule has 1 aliphatic carbocycles. The highest BCUT2D eigenvalue weighted by molar-refractivity contribution is 6.36. The van der Waals surface area contributed by atoms with E-state index in [4.69, 9.17) is 27.9 Å². The standard InChI is InChI=1S/C21H24Cl2N2O3/c1-21(2)11-16-20(17(26)12-21)13(19-14(22)4-3-5-15(19)23)10-18(27)25(16)24-6-8-28-9-7-24/h3-5,13H,6-12H2,1-2H3. The number of amides is 1. The number of Topliss-reactive ketones (excluding diaryl/α,β-unsaturated/α-hetero) is 1. The number of halogens is 2. The van der Waals surface area contributed by atoms with E-state index < -0.39 is 5.92 Å². The van der Waals surface area contributed by atoms with Gasteiger partial charge in [0.05, 0.1) is 13.2 Å². The molecule has 2 heterocycles. The molecule has 0 spiro atoms. The van der Waals surface area contributed by atoms with Crippen LogP contribution in [0.25, 0.3) is 0 Å². The minimum absolute atomic E-state index is 0.0212. The summed E-state index contributed by atoms with van der Waals surface area (Å²) in [5, 5.41) is 4.75. The third-order valence-corrected chi connectivity index (χ3v) is 6.39. The quantitative estimate of drug-likeness (QED) is 0.716. The van der Waals surface area contributed by atoms with E-state index in [2.05, 4.69) is 13.8 Å². The number of allylic oxidation sites excluding steroid dienone is 2. The second kappa shape index (κ2) is 7.45. The Hall–Kier alpha value is -1.40. The van der Waals surface area contributed by atoms with Crippen molar-refractivity contribution in [2.75, 3.05) is 26.3 Å². The van der Waals surface area contributed by atoms with Gasteiger partial charge in [-0.25, -0.2) is 10.0 Å². The summed E-state index contributed by atoms with van der Waals surface area (Å²) in [4.78, 5) is 26.5. The number of nitrogens with zero attached hydrogens (tertiary/aromatic N) is 2. The number of benzene rings is 1. The summed E-state index contributed by atoms with van der Waals surface area (Å²) in [6.07, 6.45) is 1.30. The molecule has 1 atom stereocenters. The number of ketones is 1. The first-order chi connectivity index (χ1) is 13.3. The van der Waals surface area contributed by atoms with Crippen LogP contribution in [0.3, 0.4) is 0 Å². The van der Waals surface area contributed by atoms with Gasteiger partial charge in [0.1, 0.15) is 0 Å². The van der Waals surface area contributed by atoms with Crippen molar-refractivity contribution in [1.82, 2.24) is 10.0 Å². The summed E-state index contributed by atoms with van der Waals surface area (Å²) >= 11 is 12.9. The number of carbonyl (C=O) groups excluding carboxylic acids is 2. The van der Waals surface area contributed by atoms with Crippen LogP contribution in [0, 0.1) is 5.41 Å². The van der Waals surface area contributed by atoms with Gasteiger partial charge in [-0.15, -0.1) is 0 Å². The molecule has 4 rings (SSSR count). The highest BCUT2D eigenvalue weighted by Gasteiger charge is 2.46. The number of morpholine rings is 1. The summed E-state index contributed by atoms with van der Waals surface area (Å²) in [6, 6.07) is 5.30.